The van der Waals surface area contributed by atoms with Crippen LogP contribution in [0, 0.1) is 5.92 Å². The van der Waals surface area contributed by atoms with E-state index in [4.69, 9.17) is 0 Å². The van der Waals surface area contributed by atoms with Crippen LogP contribution in [0.25, 0.3) is 0 Å². The van der Waals surface area contributed by atoms with Gasteiger partial charge in [-0.3, -0.25) is 4.79 Å². The summed E-state index contributed by atoms with van der Waals surface area (Å²) in [6, 6.07) is 9.71. The highest BCUT2D eigenvalue weighted by molar-refractivity contribution is 5.92. The maximum atomic E-state index is 12.2. The molecule has 0 radical (unpaired) electrons. The van der Waals surface area contributed by atoms with E-state index in [1.165, 1.54) is 5.56 Å². The predicted molar refractivity (Wildman–Crippen MR) is 102 cm³/mol. The summed E-state index contributed by atoms with van der Waals surface area (Å²) < 4.78 is 0. The first-order valence-electron chi connectivity index (χ1n) is 8.75. The summed E-state index contributed by atoms with van der Waals surface area (Å²) >= 11 is 0. The molecule has 5 heteroatoms. The van der Waals surface area contributed by atoms with Crippen molar-refractivity contribution in [2.75, 3.05) is 11.9 Å². The minimum absolute atomic E-state index is 0.00454. The number of benzene rings is 1. The molecule has 2 N–H and O–H groups in total. The third-order valence-corrected chi connectivity index (χ3v) is 3.88. The van der Waals surface area contributed by atoms with Gasteiger partial charge in [-0.05, 0) is 35.4 Å². The second-order valence-electron chi connectivity index (χ2n) is 7.62. The molecular formula is C20H28N4O. The normalized spacial score (nSPS) is 11.4. The molecule has 0 bridgehead atoms. The fraction of sp³-hybridized carbons (Fsp3) is 0.450. The van der Waals surface area contributed by atoms with Crippen molar-refractivity contribution in [2.24, 2.45) is 5.92 Å². The zero-order valence-electron chi connectivity index (χ0n) is 15.8. The lowest BCUT2D eigenvalue weighted by molar-refractivity contribution is 0.0947. The topological polar surface area (TPSA) is 66.9 Å². The van der Waals surface area contributed by atoms with Crippen LogP contribution < -0.4 is 10.6 Å². The molecule has 0 unspecified atom stereocenters. The van der Waals surface area contributed by atoms with Crippen LogP contribution in [0.3, 0.4) is 0 Å². The Bertz CT molecular complexity index is 720. The lowest BCUT2D eigenvalue weighted by atomic mass is 9.86. The molecule has 0 aliphatic carbocycles. The molecule has 0 saturated heterocycles. The molecule has 1 heterocycles. The van der Waals surface area contributed by atoms with E-state index in [1.807, 2.05) is 18.2 Å². The molecule has 0 saturated carbocycles. The second kappa shape index (κ2) is 8.10. The summed E-state index contributed by atoms with van der Waals surface area (Å²) in [5, 5.41) is 6.15. The third-order valence-electron chi connectivity index (χ3n) is 3.88. The number of nitrogens with one attached hydrogen (secondary N) is 2. The largest absolute Gasteiger partial charge is 0.351 e. The molecule has 134 valence electrons. The van der Waals surface area contributed by atoms with E-state index >= 15 is 0 Å². The Hall–Kier alpha value is -2.43. The number of anilines is 2. The lowest BCUT2D eigenvalue weighted by Gasteiger charge is -2.23. The van der Waals surface area contributed by atoms with Gasteiger partial charge in [-0.25, -0.2) is 9.97 Å². The van der Waals surface area contributed by atoms with Crippen LogP contribution in [0.5, 0.6) is 0 Å². The second-order valence-corrected chi connectivity index (χ2v) is 7.62. The van der Waals surface area contributed by atoms with Gasteiger partial charge in [0.1, 0.15) is 5.69 Å². The molecule has 1 aromatic heterocycles. The number of carbonyl (C=O) groups is 1. The van der Waals surface area contributed by atoms with Crippen LogP contribution in [-0.4, -0.2) is 22.4 Å². The Labute approximate surface area is 150 Å². The lowest BCUT2D eigenvalue weighted by Crippen LogP contribution is -2.26. The van der Waals surface area contributed by atoms with Crippen LogP contribution in [-0.2, 0) is 5.41 Å². The van der Waals surface area contributed by atoms with Crippen molar-refractivity contribution in [1.82, 2.24) is 15.3 Å². The zero-order valence-corrected chi connectivity index (χ0v) is 15.8. The number of hydrogen-bond donors (Lipinski definition) is 2. The van der Waals surface area contributed by atoms with Gasteiger partial charge < -0.3 is 10.6 Å². The summed E-state index contributed by atoms with van der Waals surface area (Å²) in [6.07, 6.45) is 2.55. The molecule has 25 heavy (non-hydrogen) atoms. The molecule has 0 aliphatic rings. The van der Waals surface area contributed by atoms with Crippen molar-refractivity contribution in [1.29, 1.82) is 0 Å². The Kier molecular flexibility index (Phi) is 6.12. The van der Waals surface area contributed by atoms with Crippen molar-refractivity contribution >= 4 is 17.5 Å². The Morgan fingerprint density at radius 3 is 2.56 bits per heavy atom. The SMILES string of the molecule is CC(C)CCNC(=O)c1ccnc(Nc2ccccc2C(C)(C)C)n1. The molecule has 5 nitrogen and oxygen atoms in total. The molecular weight excluding hydrogens is 312 g/mol. The monoisotopic (exact) mass is 340 g/mol. The predicted octanol–water partition coefficient (Wildman–Crippen LogP) is 4.29. The maximum Gasteiger partial charge on any atom is 0.270 e. The third kappa shape index (κ3) is 5.55. The van der Waals surface area contributed by atoms with Crippen molar-refractivity contribution in [3.8, 4) is 0 Å². The van der Waals surface area contributed by atoms with Crippen LogP contribution in [0.2, 0.25) is 0 Å². The molecule has 1 aromatic carbocycles. The summed E-state index contributed by atoms with van der Waals surface area (Å²) in [5.74, 6) is 0.806. The quantitative estimate of drug-likeness (QED) is 0.823. The van der Waals surface area contributed by atoms with Crippen LogP contribution >= 0.6 is 0 Å². The van der Waals surface area contributed by atoms with E-state index in [0.29, 0.717) is 24.1 Å². The summed E-state index contributed by atoms with van der Waals surface area (Å²) in [7, 11) is 0. The molecule has 0 spiro atoms. The number of rotatable bonds is 6. The van der Waals surface area contributed by atoms with Crippen LogP contribution in [0.4, 0.5) is 11.6 Å². The fourth-order valence-electron chi connectivity index (χ4n) is 2.48. The molecule has 2 aromatic rings. The number of hydrogen-bond acceptors (Lipinski definition) is 4. The fourth-order valence-corrected chi connectivity index (χ4v) is 2.48. The summed E-state index contributed by atoms with van der Waals surface area (Å²) in [4.78, 5) is 20.8. The van der Waals surface area contributed by atoms with Gasteiger partial charge in [0.05, 0.1) is 0 Å². The first-order chi connectivity index (χ1) is 11.8. The minimum atomic E-state index is -0.171. The highest BCUT2D eigenvalue weighted by Gasteiger charge is 2.18. The van der Waals surface area contributed by atoms with E-state index in [1.54, 1.807) is 12.3 Å². The van der Waals surface area contributed by atoms with Crippen molar-refractivity contribution in [3.63, 3.8) is 0 Å². The molecule has 1 amide bonds. The maximum absolute atomic E-state index is 12.2. The first-order valence-corrected chi connectivity index (χ1v) is 8.75. The number of carbonyl (C=O) groups excluding carboxylic acids is 1. The van der Waals surface area contributed by atoms with Gasteiger partial charge in [0.25, 0.3) is 5.91 Å². The Morgan fingerprint density at radius 1 is 1.16 bits per heavy atom. The zero-order chi connectivity index (χ0) is 18.4. The Balaban J connectivity index is 2.14. The van der Waals surface area contributed by atoms with E-state index in [0.717, 1.165) is 12.1 Å². The average molecular weight is 340 g/mol. The summed E-state index contributed by atoms with van der Waals surface area (Å²) in [5.41, 5.74) is 2.49. The molecule has 0 fully saturated rings. The minimum Gasteiger partial charge on any atom is -0.351 e. The van der Waals surface area contributed by atoms with Crippen molar-refractivity contribution < 1.29 is 4.79 Å². The van der Waals surface area contributed by atoms with Crippen molar-refractivity contribution in [3.05, 3.63) is 47.8 Å². The van der Waals surface area contributed by atoms with Gasteiger partial charge in [0, 0.05) is 18.4 Å². The van der Waals surface area contributed by atoms with Gasteiger partial charge in [-0.1, -0.05) is 52.8 Å². The van der Waals surface area contributed by atoms with E-state index < -0.39 is 0 Å². The molecule has 2 rings (SSSR count). The smallest absolute Gasteiger partial charge is 0.270 e. The Morgan fingerprint density at radius 2 is 1.88 bits per heavy atom. The average Bonchev–Trinajstić information content (AvgIpc) is 2.54. The number of aromatic nitrogens is 2. The number of para-hydroxylation sites is 1. The van der Waals surface area contributed by atoms with Crippen LogP contribution in [0.1, 0.15) is 57.1 Å². The van der Waals surface area contributed by atoms with Gasteiger partial charge in [-0.2, -0.15) is 0 Å². The van der Waals surface area contributed by atoms with E-state index in [9.17, 15) is 4.79 Å². The van der Waals surface area contributed by atoms with E-state index in [-0.39, 0.29) is 11.3 Å². The van der Waals surface area contributed by atoms with Crippen molar-refractivity contribution in [2.45, 2.75) is 46.5 Å². The van der Waals surface area contributed by atoms with E-state index in [2.05, 4.69) is 61.3 Å². The highest BCUT2D eigenvalue weighted by atomic mass is 16.1. The first kappa shape index (κ1) is 18.9. The standard InChI is InChI=1S/C20H28N4O/c1-14(2)10-12-21-18(25)17-11-13-22-19(24-17)23-16-9-7-6-8-15(16)20(3,4)5/h6-9,11,13-14H,10,12H2,1-5H3,(H,21,25)(H,22,23,24). The van der Waals surface area contributed by atoms with Gasteiger partial charge in [0.2, 0.25) is 5.95 Å². The molecule has 0 atom stereocenters. The van der Waals surface area contributed by atoms with Gasteiger partial charge in [-0.15, -0.1) is 0 Å². The van der Waals surface area contributed by atoms with Crippen LogP contribution in [0.15, 0.2) is 36.5 Å². The summed E-state index contributed by atoms with van der Waals surface area (Å²) in [6.45, 7) is 11.4. The highest BCUT2D eigenvalue weighted by Crippen LogP contribution is 2.30. The number of amides is 1. The number of nitrogens with zero attached hydrogens (tertiary/aromatic N) is 2. The van der Waals surface area contributed by atoms with Gasteiger partial charge in [0.15, 0.2) is 0 Å². The molecule has 0 aliphatic heterocycles. The van der Waals surface area contributed by atoms with Gasteiger partial charge >= 0.3 is 0 Å².